The number of hydrogen-bond acceptors (Lipinski definition) is 2. The highest BCUT2D eigenvalue weighted by Crippen LogP contribution is 2.15. The first-order valence-corrected chi connectivity index (χ1v) is 9.39. The summed E-state index contributed by atoms with van der Waals surface area (Å²) in [4.78, 5) is 13.0. The lowest BCUT2D eigenvalue weighted by Crippen LogP contribution is -2.25. The molecule has 0 unspecified atom stereocenters. The van der Waals surface area contributed by atoms with Gasteiger partial charge in [-0.2, -0.15) is 0 Å². The fourth-order valence-electron chi connectivity index (χ4n) is 3.21. The lowest BCUT2D eigenvalue weighted by atomic mass is 10.0. The second-order valence-electron chi connectivity index (χ2n) is 6.96. The lowest BCUT2D eigenvalue weighted by molar-refractivity contribution is -0.137. The molecule has 0 spiro atoms. The number of aliphatic carboxylic acids is 1. The second kappa shape index (κ2) is 9.81. The van der Waals surface area contributed by atoms with Gasteiger partial charge in [-0.1, -0.05) is 66.7 Å². The van der Waals surface area contributed by atoms with Crippen LogP contribution >= 0.6 is 0 Å². The van der Waals surface area contributed by atoms with E-state index in [2.05, 4.69) is 36.4 Å². The van der Waals surface area contributed by atoms with Gasteiger partial charge in [0.05, 0.1) is 6.42 Å². The first-order valence-electron chi connectivity index (χ1n) is 9.39. The molecule has 0 fully saturated rings. The highest BCUT2D eigenvalue weighted by Gasteiger charge is 2.10. The summed E-state index contributed by atoms with van der Waals surface area (Å²) in [5.41, 5.74) is 4.45. The van der Waals surface area contributed by atoms with E-state index in [-0.39, 0.29) is 12.2 Å². The summed E-state index contributed by atoms with van der Waals surface area (Å²) >= 11 is 0. The monoisotopic (exact) mass is 377 g/mol. The Morgan fingerprint density at radius 1 is 0.786 bits per heavy atom. The molecule has 3 rings (SSSR count). The molecule has 3 aromatic carbocycles. The van der Waals surface area contributed by atoms with Crippen molar-refractivity contribution in [3.05, 3.63) is 107 Å². The number of halogens is 1. The molecule has 3 aromatic rings. The van der Waals surface area contributed by atoms with Crippen LogP contribution in [0.15, 0.2) is 78.9 Å². The first-order chi connectivity index (χ1) is 13.6. The quantitative estimate of drug-likeness (QED) is 0.577. The highest BCUT2D eigenvalue weighted by molar-refractivity contribution is 5.66. The Morgan fingerprint density at radius 3 is 2.07 bits per heavy atom. The minimum Gasteiger partial charge on any atom is -0.481 e. The van der Waals surface area contributed by atoms with Gasteiger partial charge in [-0.05, 0) is 40.8 Å². The molecule has 0 bridgehead atoms. The zero-order valence-corrected chi connectivity index (χ0v) is 15.7. The van der Waals surface area contributed by atoms with E-state index in [4.69, 9.17) is 5.11 Å². The fraction of sp³-hybridized carbons (Fsp3) is 0.208. The third-order valence-electron chi connectivity index (χ3n) is 4.62. The standard InChI is InChI=1S/C24H24FNO2/c25-23-8-4-7-22(16-23)18-26(14-13-24(27)28)17-21-11-9-20(10-12-21)15-19-5-2-1-3-6-19/h1-12,16H,13-15,17-18H2,(H,27,28). The van der Waals surface area contributed by atoms with Crippen LogP contribution in [0.3, 0.4) is 0 Å². The first kappa shape index (κ1) is 19.8. The zero-order chi connectivity index (χ0) is 19.8. The maximum Gasteiger partial charge on any atom is 0.304 e. The number of rotatable bonds is 9. The summed E-state index contributed by atoms with van der Waals surface area (Å²) < 4.78 is 13.5. The van der Waals surface area contributed by atoms with Gasteiger partial charge in [0.25, 0.3) is 0 Å². The SMILES string of the molecule is O=C(O)CCN(Cc1ccc(Cc2ccccc2)cc1)Cc1cccc(F)c1. The summed E-state index contributed by atoms with van der Waals surface area (Å²) in [7, 11) is 0. The van der Waals surface area contributed by atoms with E-state index >= 15 is 0 Å². The van der Waals surface area contributed by atoms with Crippen molar-refractivity contribution < 1.29 is 14.3 Å². The summed E-state index contributed by atoms with van der Waals surface area (Å²) in [5.74, 6) is -1.11. The van der Waals surface area contributed by atoms with Crippen molar-refractivity contribution in [1.29, 1.82) is 0 Å². The molecule has 28 heavy (non-hydrogen) atoms. The summed E-state index contributed by atoms with van der Waals surface area (Å²) in [6.07, 6.45) is 0.939. The van der Waals surface area contributed by atoms with Crippen molar-refractivity contribution in [3.63, 3.8) is 0 Å². The average Bonchev–Trinajstić information content (AvgIpc) is 2.68. The average molecular weight is 377 g/mol. The molecule has 0 heterocycles. The number of carboxylic acid groups (broad SMARTS) is 1. The van der Waals surface area contributed by atoms with Gasteiger partial charge < -0.3 is 5.11 Å². The Labute approximate surface area is 165 Å². The summed E-state index contributed by atoms with van der Waals surface area (Å²) in [5, 5.41) is 9.03. The normalized spacial score (nSPS) is 10.9. The third kappa shape index (κ3) is 6.32. The molecule has 0 aromatic heterocycles. The van der Waals surface area contributed by atoms with Crippen molar-refractivity contribution in [2.24, 2.45) is 0 Å². The van der Waals surface area contributed by atoms with Crippen LogP contribution in [0.5, 0.6) is 0 Å². The second-order valence-corrected chi connectivity index (χ2v) is 6.96. The largest absolute Gasteiger partial charge is 0.481 e. The molecule has 0 aliphatic heterocycles. The van der Waals surface area contributed by atoms with Crippen LogP contribution < -0.4 is 0 Å². The van der Waals surface area contributed by atoms with Crippen LogP contribution in [-0.2, 0) is 24.3 Å². The van der Waals surface area contributed by atoms with Crippen LogP contribution in [0.2, 0.25) is 0 Å². The van der Waals surface area contributed by atoms with Crippen LogP contribution in [0.4, 0.5) is 4.39 Å². The van der Waals surface area contributed by atoms with Crippen LogP contribution in [0, 0.1) is 5.82 Å². The number of carbonyl (C=O) groups is 1. The van der Waals surface area contributed by atoms with Gasteiger partial charge in [0.15, 0.2) is 0 Å². The molecule has 1 N–H and O–H groups in total. The Kier molecular flexibility index (Phi) is 6.93. The fourth-order valence-corrected chi connectivity index (χ4v) is 3.21. The molecule has 0 aliphatic carbocycles. The molecular formula is C24H24FNO2. The van der Waals surface area contributed by atoms with Crippen molar-refractivity contribution >= 4 is 5.97 Å². The van der Waals surface area contributed by atoms with Gasteiger partial charge in [-0.3, -0.25) is 9.69 Å². The van der Waals surface area contributed by atoms with Crippen LogP contribution in [0.1, 0.15) is 28.7 Å². The molecule has 0 radical (unpaired) electrons. The van der Waals surface area contributed by atoms with Crippen LogP contribution in [0.25, 0.3) is 0 Å². The summed E-state index contributed by atoms with van der Waals surface area (Å²) in [6.45, 7) is 1.55. The maximum absolute atomic E-state index is 13.5. The topological polar surface area (TPSA) is 40.5 Å². The molecule has 0 amide bonds. The third-order valence-corrected chi connectivity index (χ3v) is 4.62. The van der Waals surface area contributed by atoms with E-state index in [9.17, 15) is 9.18 Å². The lowest BCUT2D eigenvalue weighted by Gasteiger charge is -2.22. The molecule has 4 heteroatoms. The molecule has 0 saturated carbocycles. The van der Waals surface area contributed by atoms with E-state index in [1.165, 1.54) is 23.3 Å². The van der Waals surface area contributed by atoms with Crippen molar-refractivity contribution in [3.8, 4) is 0 Å². The number of hydrogen-bond donors (Lipinski definition) is 1. The molecule has 0 saturated heterocycles. The van der Waals surface area contributed by atoms with Gasteiger partial charge in [0.2, 0.25) is 0 Å². The van der Waals surface area contributed by atoms with Gasteiger partial charge in [0, 0.05) is 19.6 Å². The minimum atomic E-state index is -0.831. The van der Waals surface area contributed by atoms with Crippen molar-refractivity contribution in [2.45, 2.75) is 25.9 Å². The Morgan fingerprint density at radius 2 is 1.39 bits per heavy atom. The van der Waals surface area contributed by atoms with Crippen molar-refractivity contribution in [1.82, 2.24) is 4.90 Å². The predicted octanol–water partition coefficient (Wildman–Crippen LogP) is 4.89. The Hall–Kier alpha value is -2.98. The van der Waals surface area contributed by atoms with E-state index in [1.54, 1.807) is 6.07 Å². The zero-order valence-electron chi connectivity index (χ0n) is 15.7. The molecule has 144 valence electrons. The molecule has 3 nitrogen and oxygen atoms in total. The number of carboxylic acids is 1. The van der Waals surface area contributed by atoms with Gasteiger partial charge >= 0.3 is 5.97 Å². The van der Waals surface area contributed by atoms with Crippen LogP contribution in [-0.4, -0.2) is 22.5 Å². The van der Waals surface area contributed by atoms with E-state index in [0.29, 0.717) is 19.6 Å². The van der Waals surface area contributed by atoms with Crippen molar-refractivity contribution in [2.75, 3.05) is 6.54 Å². The van der Waals surface area contributed by atoms with E-state index in [1.807, 2.05) is 29.2 Å². The highest BCUT2D eigenvalue weighted by atomic mass is 19.1. The maximum atomic E-state index is 13.5. The predicted molar refractivity (Wildman–Crippen MR) is 108 cm³/mol. The Bertz CT molecular complexity index is 894. The molecule has 0 atom stereocenters. The summed E-state index contributed by atoms with van der Waals surface area (Å²) in [6, 6.07) is 25.1. The smallest absolute Gasteiger partial charge is 0.304 e. The van der Waals surface area contributed by atoms with Gasteiger partial charge in [0.1, 0.15) is 5.82 Å². The van der Waals surface area contributed by atoms with E-state index < -0.39 is 5.97 Å². The Balaban J connectivity index is 1.66. The minimum absolute atomic E-state index is 0.0570. The van der Waals surface area contributed by atoms with Gasteiger partial charge in [-0.15, -0.1) is 0 Å². The number of nitrogens with zero attached hydrogens (tertiary/aromatic N) is 1. The number of benzene rings is 3. The van der Waals surface area contributed by atoms with Gasteiger partial charge in [-0.25, -0.2) is 4.39 Å². The van der Waals surface area contributed by atoms with E-state index in [0.717, 1.165) is 17.5 Å². The molecular weight excluding hydrogens is 353 g/mol. The molecule has 0 aliphatic rings.